The van der Waals surface area contributed by atoms with Gasteiger partial charge in [-0.1, -0.05) is 36.4 Å². The van der Waals surface area contributed by atoms with Crippen molar-refractivity contribution < 1.29 is 14.3 Å². The zero-order valence-corrected chi connectivity index (χ0v) is 18.2. The fourth-order valence-corrected chi connectivity index (χ4v) is 4.40. The number of amides is 2. The number of hydrogen-bond donors (Lipinski definition) is 1. The van der Waals surface area contributed by atoms with Crippen LogP contribution < -0.4 is 10.5 Å². The predicted octanol–water partition coefficient (Wildman–Crippen LogP) is 3.71. The quantitative estimate of drug-likeness (QED) is 0.647. The molecule has 1 aromatic heterocycles. The maximum Gasteiger partial charge on any atom is 0.255 e. The van der Waals surface area contributed by atoms with Gasteiger partial charge in [0.15, 0.2) is 0 Å². The van der Waals surface area contributed by atoms with Crippen molar-refractivity contribution in [3.63, 3.8) is 0 Å². The molecule has 0 unspecified atom stereocenters. The van der Waals surface area contributed by atoms with E-state index >= 15 is 0 Å². The lowest BCUT2D eigenvalue weighted by Gasteiger charge is -2.41. The molecule has 164 valence electrons. The second-order valence-electron chi connectivity index (χ2n) is 8.32. The first kappa shape index (κ1) is 21.6. The SMILES string of the molecule is COc1ccc(-c2ccc(C[C@@]3(C(N)=O)CCCN(C(=O)c4cccnc4)C3)cc2)cc1. The van der Waals surface area contributed by atoms with Gasteiger partial charge in [0.2, 0.25) is 5.91 Å². The standard InChI is InChI=1S/C26H27N3O3/c1-32-23-11-9-21(10-12-23)20-7-5-19(6-8-20)16-26(25(27)31)13-3-15-29(18-26)24(30)22-4-2-14-28-17-22/h2,4-12,14,17H,3,13,15-16,18H2,1H3,(H2,27,31)/t26-/m0/s1. The number of likely N-dealkylation sites (tertiary alicyclic amines) is 1. The second-order valence-corrected chi connectivity index (χ2v) is 8.32. The molecule has 1 saturated heterocycles. The molecule has 2 N–H and O–H groups in total. The van der Waals surface area contributed by atoms with Crippen LogP contribution in [-0.4, -0.2) is 41.9 Å². The van der Waals surface area contributed by atoms with Gasteiger partial charge in [-0.25, -0.2) is 0 Å². The molecular formula is C26H27N3O3. The summed E-state index contributed by atoms with van der Waals surface area (Å²) in [5, 5.41) is 0. The van der Waals surface area contributed by atoms with Crippen molar-refractivity contribution in [2.24, 2.45) is 11.1 Å². The number of piperidine rings is 1. The molecule has 6 heteroatoms. The van der Waals surface area contributed by atoms with Crippen LogP contribution in [-0.2, 0) is 11.2 Å². The lowest BCUT2D eigenvalue weighted by Crippen LogP contribution is -2.53. The van der Waals surface area contributed by atoms with Crippen molar-refractivity contribution in [2.45, 2.75) is 19.3 Å². The number of methoxy groups -OCH3 is 1. The smallest absolute Gasteiger partial charge is 0.255 e. The van der Waals surface area contributed by atoms with E-state index < -0.39 is 5.41 Å². The van der Waals surface area contributed by atoms with Gasteiger partial charge in [-0.2, -0.15) is 0 Å². The zero-order chi connectivity index (χ0) is 22.6. The summed E-state index contributed by atoms with van der Waals surface area (Å²) >= 11 is 0. The molecule has 1 atom stereocenters. The lowest BCUT2D eigenvalue weighted by atomic mass is 9.74. The second kappa shape index (κ2) is 9.22. The van der Waals surface area contributed by atoms with Crippen molar-refractivity contribution in [3.8, 4) is 16.9 Å². The van der Waals surface area contributed by atoms with Crippen molar-refractivity contribution in [2.75, 3.05) is 20.2 Å². The molecule has 4 rings (SSSR count). The summed E-state index contributed by atoms with van der Waals surface area (Å²) in [5.41, 5.74) is 8.84. The normalized spacial score (nSPS) is 18.2. The van der Waals surface area contributed by atoms with Crippen LogP contribution in [0.3, 0.4) is 0 Å². The van der Waals surface area contributed by atoms with Crippen molar-refractivity contribution in [3.05, 3.63) is 84.2 Å². The molecule has 2 amide bonds. The number of ether oxygens (including phenoxy) is 1. The predicted molar refractivity (Wildman–Crippen MR) is 123 cm³/mol. The van der Waals surface area contributed by atoms with Gasteiger partial charge in [0.1, 0.15) is 5.75 Å². The highest BCUT2D eigenvalue weighted by atomic mass is 16.5. The molecule has 0 aliphatic carbocycles. The number of nitrogens with zero attached hydrogens (tertiary/aromatic N) is 2. The Bertz CT molecular complexity index is 1080. The Hall–Kier alpha value is -3.67. The first-order valence-electron chi connectivity index (χ1n) is 10.7. The monoisotopic (exact) mass is 429 g/mol. The summed E-state index contributed by atoms with van der Waals surface area (Å²) in [4.78, 5) is 31.3. The average Bonchev–Trinajstić information content (AvgIpc) is 2.85. The summed E-state index contributed by atoms with van der Waals surface area (Å²) < 4.78 is 5.22. The molecule has 2 heterocycles. The Kier molecular flexibility index (Phi) is 6.21. The van der Waals surface area contributed by atoms with Crippen LogP contribution in [0.4, 0.5) is 0 Å². The molecule has 1 aliphatic heterocycles. The Morgan fingerprint density at radius 1 is 1.06 bits per heavy atom. The third-order valence-electron chi connectivity index (χ3n) is 6.22. The van der Waals surface area contributed by atoms with Gasteiger partial charge in [0, 0.05) is 25.5 Å². The molecule has 0 radical (unpaired) electrons. The molecular weight excluding hydrogens is 402 g/mol. The fourth-order valence-electron chi connectivity index (χ4n) is 4.40. The minimum absolute atomic E-state index is 0.113. The minimum Gasteiger partial charge on any atom is -0.497 e. The third-order valence-corrected chi connectivity index (χ3v) is 6.22. The largest absolute Gasteiger partial charge is 0.497 e. The summed E-state index contributed by atoms with van der Waals surface area (Å²) in [6.07, 6.45) is 5.09. The number of pyridine rings is 1. The number of primary amides is 1. The van der Waals surface area contributed by atoms with Gasteiger partial charge >= 0.3 is 0 Å². The van der Waals surface area contributed by atoms with E-state index in [4.69, 9.17) is 10.5 Å². The van der Waals surface area contributed by atoms with Crippen molar-refractivity contribution in [1.82, 2.24) is 9.88 Å². The van der Waals surface area contributed by atoms with Crippen molar-refractivity contribution >= 4 is 11.8 Å². The molecule has 0 spiro atoms. The number of carbonyl (C=O) groups is 2. The van der Waals surface area contributed by atoms with E-state index in [9.17, 15) is 9.59 Å². The topological polar surface area (TPSA) is 85.5 Å². The van der Waals surface area contributed by atoms with Gasteiger partial charge in [0.25, 0.3) is 5.91 Å². The van der Waals surface area contributed by atoms with Crippen LogP contribution in [0.15, 0.2) is 73.1 Å². The highest BCUT2D eigenvalue weighted by Crippen LogP contribution is 2.35. The van der Waals surface area contributed by atoms with Crippen LogP contribution >= 0.6 is 0 Å². The summed E-state index contributed by atoms with van der Waals surface area (Å²) in [6, 6.07) is 19.5. The molecule has 0 bridgehead atoms. The van der Waals surface area contributed by atoms with Crippen LogP contribution in [0, 0.1) is 5.41 Å². The van der Waals surface area contributed by atoms with Crippen LogP contribution in [0.5, 0.6) is 5.75 Å². The third kappa shape index (κ3) is 4.49. The fraction of sp³-hybridized carbons (Fsp3) is 0.269. The van der Waals surface area contributed by atoms with Crippen LogP contribution in [0.1, 0.15) is 28.8 Å². The maximum atomic E-state index is 12.9. The number of nitrogens with two attached hydrogens (primary N) is 1. The molecule has 1 fully saturated rings. The van der Waals surface area contributed by atoms with Gasteiger partial charge in [-0.05, 0) is 60.2 Å². The van der Waals surface area contributed by atoms with E-state index in [1.807, 2.05) is 48.5 Å². The average molecular weight is 430 g/mol. The summed E-state index contributed by atoms with van der Waals surface area (Å²) in [7, 11) is 1.65. The zero-order valence-electron chi connectivity index (χ0n) is 18.2. The van der Waals surface area contributed by atoms with E-state index in [0.29, 0.717) is 31.5 Å². The van der Waals surface area contributed by atoms with Crippen molar-refractivity contribution in [1.29, 1.82) is 0 Å². The Morgan fingerprint density at radius 3 is 2.34 bits per heavy atom. The number of hydrogen-bond acceptors (Lipinski definition) is 4. The van der Waals surface area contributed by atoms with Gasteiger partial charge in [0.05, 0.1) is 18.1 Å². The maximum absolute atomic E-state index is 12.9. The molecule has 3 aromatic rings. The first-order chi connectivity index (χ1) is 15.5. The van der Waals surface area contributed by atoms with E-state index in [1.165, 1.54) is 0 Å². The highest BCUT2D eigenvalue weighted by molar-refractivity contribution is 5.94. The molecule has 1 aliphatic rings. The summed E-state index contributed by atoms with van der Waals surface area (Å²) in [5.74, 6) is 0.343. The molecule has 32 heavy (non-hydrogen) atoms. The molecule has 2 aromatic carbocycles. The molecule has 6 nitrogen and oxygen atoms in total. The Balaban J connectivity index is 1.52. The van der Waals surface area contributed by atoms with Gasteiger partial charge < -0.3 is 15.4 Å². The van der Waals surface area contributed by atoms with E-state index in [-0.39, 0.29) is 11.8 Å². The van der Waals surface area contributed by atoms with Crippen LogP contribution in [0.25, 0.3) is 11.1 Å². The lowest BCUT2D eigenvalue weighted by molar-refractivity contribution is -0.130. The number of rotatable bonds is 6. The van der Waals surface area contributed by atoms with E-state index in [1.54, 1.807) is 36.5 Å². The first-order valence-corrected chi connectivity index (χ1v) is 10.7. The number of aromatic nitrogens is 1. The number of carbonyl (C=O) groups excluding carboxylic acids is 2. The van der Waals surface area contributed by atoms with Crippen LogP contribution in [0.2, 0.25) is 0 Å². The Morgan fingerprint density at radius 2 is 1.75 bits per heavy atom. The van der Waals surface area contributed by atoms with Gasteiger partial charge in [-0.15, -0.1) is 0 Å². The minimum atomic E-state index is -0.780. The molecule has 0 saturated carbocycles. The summed E-state index contributed by atoms with van der Waals surface area (Å²) in [6.45, 7) is 0.926. The number of benzene rings is 2. The Labute approximate surface area is 188 Å². The highest BCUT2D eigenvalue weighted by Gasteiger charge is 2.42. The van der Waals surface area contributed by atoms with E-state index in [2.05, 4.69) is 4.98 Å². The van der Waals surface area contributed by atoms with E-state index in [0.717, 1.165) is 28.9 Å². The van der Waals surface area contributed by atoms with Gasteiger partial charge in [-0.3, -0.25) is 14.6 Å².